The molecule has 2 aliphatic heterocycles. The molecule has 2 fully saturated rings. The number of fused-ring (bicyclic) bond motifs is 2. The summed E-state index contributed by atoms with van der Waals surface area (Å²) < 4.78 is 37.1. The van der Waals surface area contributed by atoms with Gasteiger partial charge in [-0.15, -0.1) is 0 Å². The highest BCUT2D eigenvalue weighted by atomic mass is 31.2. The van der Waals surface area contributed by atoms with E-state index in [9.17, 15) is 34.7 Å². The lowest BCUT2D eigenvalue weighted by Gasteiger charge is -2.25. The average Bonchev–Trinajstić information content (AvgIpc) is 3.72. The third-order valence-corrected chi connectivity index (χ3v) is 8.21. The maximum Gasteiger partial charge on any atom is 0.472 e. The van der Waals surface area contributed by atoms with Gasteiger partial charge < -0.3 is 50.8 Å². The van der Waals surface area contributed by atoms with Gasteiger partial charge in [-0.25, -0.2) is 24.4 Å². The Hall–Kier alpha value is -4.07. The van der Waals surface area contributed by atoms with E-state index in [1.54, 1.807) is 0 Å². The van der Waals surface area contributed by atoms with Gasteiger partial charge in [-0.2, -0.15) is 4.98 Å². The lowest BCUT2D eigenvalue weighted by atomic mass is 10.1. The van der Waals surface area contributed by atoms with E-state index >= 15 is 0 Å². The van der Waals surface area contributed by atoms with Gasteiger partial charge in [-0.3, -0.25) is 23.4 Å². The van der Waals surface area contributed by atoms with E-state index in [-0.39, 0.29) is 39.7 Å². The van der Waals surface area contributed by atoms with E-state index < -0.39 is 75.7 Å². The van der Waals surface area contributed by atoms with E-state index in [4.69, 9.17) is 36.6 Å². The second kappa shape index (κ2) is 11.1. The summed E-state index contributed by atoms with van der Waals surface area (Å²) in [5.74, 6) is -0.250. The third kappa shape index (κ3) is 4.98. The van der Waals surface area contributed by atoms with Crippen LogP contribution in [-0.4, -0.2) is 109 Å². The van der Waals surface area contributed by atoms with E-state index in [0.717, 1.165) is 17.2 Å². The van der Waals surface area contributed by atoms with E-state index in [1.165, 1.54) is 10.8 Å². The predicted octanol–water partition coefficient (Wildman–Crippen LogP) is -2.35. The molecule has 6 heterocycles. The van der Waals surface area contributed by atoms with E-state index in [2.05, 4.69) is 29.8 Å². The smallest absolute Gasteiger partial charge is 0.394 e. The van der Waals surface area contributed by atoms with Crippen LogP contribution < -0.4 is 17.0 Å². The van der Waals surface area contributed by atoms with Gasteiger partial charge in [0.1, 0.15) is 54.4 Å². The number of hydrogen-bond acceptors (Lipinski definition) is 16. The molecule has 0 saturated carbocycles. The van der Waals surface area contributed by atoms with Gasteiger partial charge in [0.2, 0.25) is 11.6 Å². The summed E-state index contributed by atoms with van der Waals surface area (Å²) in [6, 6.07) is 0. The normalized spacial score (nSPS) is 30.2. The van der Waals surface area contributed by atoms with Gasteiger partial charge in [0.05, 0.1) is 31.5 Å². The molecule has 0 bridgehead atoms. The highest BCUT2D eigenvalue weighted by Gasteiger charge is 2.50. The number of aromatic nitrogens is 7. The number of imidazole rings is 1. The molecule has 234 valence electrons. The Labute approximate surface area is 244 Å². The average molecular weight is 636 g/mol. The van der Waals surface area contributed by atoms with Crippen LogP contribution in [0.25, 0.3) is 27.0 Å². The van der Waals surface area contributed by atoms with Crippen molar-refractivity contribution in [1.29, 1.82) is 0 Å². The Morgan fingerprint density at radius 3 is 2.55 bits per heavy atom. The number of phosphoric ester groups is 1. The summed E-state index contributed by atoms with van der Waals surface area (Å²) in [5, 5.41) is 42.0. The largest absolute Gasteiger partial charge is 0.472 e. The number of hydrogen-bond donors (Lipinski definition) is 8. The van der Waals surface area contributed by atoms with Crippen LogP contribution in [0.4, 0.5) is 17.5 Å². The number of nitrogen functional groups attached to an aromatic ring is 2. The molecule has 0 spiro atoms. The van der Waals surface area contributed by atoms with Crippen molar-refractivity contribution >= 4 is 47.5 Å². The Balaban J connectivity index is 1.20. The first-order valence-corrected chi connectivity index (χ1v) is 14.3. The lowest BCUT2D eigenvalue weighted by molar-refractivity contribution is -0.0614. The van der Waals surface area contributed by atoms with Gasteiger partial charge >= 0.3 is 7.82 Å². The van der Waals surface area contributed by atoms with Crippen molar-refractivity contribution in [2.75, 3.05) is 24.7 Å². The second-order valence-corrected chi connectivity index (χ2v) is 11.3. The minimum absolute atomic E-state index is 0.0144. The molecule has 6 rings (SSSR count). The maximum absolute atomic E-state index is 13.0. The first kappa shape index (κ1) is 30.0. The SMILES string of the molecule is [C-]#[N+]c1cn([C@@H]2O[C@H](COP(=O)(O)O[C@@H]3[C@H](O)[C@@H](CO)O[C@H]3n3cnc4c(=O)[nH]c(N)nc43)[C@@H](O)[C@H]2O)c2ncnc(N)c12. The van der Waals surface area contributed by atoms with Crippen LogP contribution >= 0.6 is 7.82 Å². The first-order chi connectivity index (χ1) is 20.9. The summed E-state index contributed by atoms with van der Waals surface area (Å²) in [7, 11) is -5.10. The zero-order valence-electron chi connectivity index (χ0n) is 22.2. The fourth-order valence-corrected chi connectivity index (χ4v) is 6.08. The molecule has 2 saturated heterocycles. The van der Waals surface area contributed by atoms with E-state index in [1.807, 2.05) is 0 Å². The molecule has 0 aromatic carbocycles. The number of anilines is 2. The minimum Gasteiger partial charge on any atom is -0.394 e. The number of rotatable bonds is 8. The van der Waals surface area contributed by atoms with Crippen LogP contribution in [-0.2, 0) is 23.1 Å². The molecule has 21 nitrogen and oxygen atoms in total. The molecule has 1 unspecified atom stereocenters. The molecule has 0 amide bonds. The van der Waals surface area contributed by atoms with Gasteiger partial charge in [0, 0.05) is 6.20 Å². The Morgan fingerprint density at radius 2 is 1.82 bits per heavy atom. The Bertz CT molecular complexity index is 1870. The zero-order valence-corrected chi connectivity index (χ0v) is 23.1. The van der Waals surface area contributed by atoms with Crippen LogP contribution in [0.3, 0.4) is 0 Å². The van der Waals surface area contributed by atoms with Crippen LogP contribution in [0, 0.1) is 6.57 Å². The summed E-state index contributed by atoms with van der Waals surface area (Å²) in [5.41, 5.74) is 10.8. The molecule has 10 N–H and O–H groups in total. The number of nitrogens with zero attached hydrogens (tertiary/aromatic N) is 7. The van der Waals surface area contributed by atoms with Crippen molar-refractivity contribution in [2.24, 2.45) is 0 Å². The monoisotopic (exact) mass is 636 g/mol. The Kier molecular flexibility index (Phi) is 7.58. The van der Waals surface area contributed by atoms with Crippen molar-refractivity contribution in [3.63, 3.8) is 0 Å². The standard InChI is InChI=1S/C22H25N10O11P/c1-25-7-2-31(17-10(7)16(23)26-5-27-17)20-14(36)12(34)9(42-20)4-40-44(38,39)43-15-13(35)8(3-33)41-21(15)32-6-28-11-18(32)29-22(24)30-19(11)37/h2,5-6,8-9,12-15,20-21,33-36H,3-4H2,(H,38,39)(H2,23,26,27)(H3,24,29,30,37)/t8-,9-,12-,13-,14-,15-,20-,21-/m1/s1. The van der Waals surface area contributed by atoms with Crippen LogP contribution in [0.2, 0.25) is 0 Å². The zero-order chi connectivity index (χ0) is 31.5. The number of nitrogens with two attached hydrogens (primary N) is 2. The number of ether oxygens (including phenoxy) is 2. The summed E-state index contributed by atoms with van der Waals surface area (Å²) >= 11 is 0. The van der Waals surface area contributed by atoms with Gasteiger partial charge in [-0.05, 0) is 0 Å². The molecule has 44 heavy (non-hydrogen) atoms. The van der Waals surface area contributed by atoms with Gasteiger partial charge in [0.25, 0.3) is 5.56 Å². The number of aliphatic hydroxyl groups is 4. The summed E-state index contributed by atoms with van der Waals surface area (Å²) in [4.78, 5) is 44.3. The fourth-order valence-electron chi connectivity index (χ4n) is 5.15. The maximum atomic E-state index is 13.0. The topological polar surface area (TPSA) is 306 Å². The van der Waals surface area contributed by atoms with Gasteiger partial charge in [0.15, 0.2) is 23.6 Å². The van der Waals surface area contributed by atoms with Crippen LogP contribution in [0.1, 0.15) is 12.5 Å². The number of aliphatic hydroxyl groups excluding tert-OH is 4. The number of nitrogens with one attached hydrogen (secondary N) is 1. The number of aromatic amines is 1. The number of H-pyrrole nitrogens is 1. The molecule has 0 aliphatic carbocycles. The van der Waals surface area contributed by atoms with Crippen LogP contribution in [0.15, 0.2) is 23.6 Å². The molecule has 4 aromatic heterocycles. The lowest BCUT2D eigenvalue weighted by Crippen LogP contribution is -2.36. The highest BCUT2D eigenvalue weighted by Crippen LogP contribution is 2.50. The molecule has 22 heteroatoms. The molecule has 4 aromatic rings. The van der Waals surface area contributed by atoms with Crippen molar-refractivity contribution in [3.8, 4) is 0 Å². The molecule has 0 radical (unpaired) electrons. The van der Waals surface area contributed by atoms with E-state index in [0.29, 0.717) is 0 Å². The molecular weight excluding hydrogens is 611 g/mol. The van der Waals surface area contributed by atoms with Crippen molar-refractivity contribution in [3.05, 3.63) is 40.6 Å². The second-order valence-electron chi connectivity index (χ2n) is 9.89. The summed E-state index contributed by atoms with van der Waals surface area (Å²) in [6.45, 7) is 5.91. The Morgan fingerprint density at radius 1 is 1.07 bits per heavy atom. The van der Waals surface area contributed by atoms with Crippen LogP contribution in [0.5, 0.6) is 0 Å². The van der Waals surface area contributed by atoms with Crippen molar-refractivity contribution in [1.82, 2.24) is 34.1 Å². The highest BCUT2D eigenvalue weighted by molar-refractivity contribution is 7.47. The summed E-state index contributed by atoms with van der Waals surface area (Å²) in [6.07, 6.45) is -8.40. The van der Waals surface area contributed by atoms with Crippen molar-refractivity contribution < 1.29 is 48.4 Å². The third-order valence-electron chi connectivity index (χ3n) is 7.22. The molecular formula is C22H25N10O11P. The predicted molar refractivity (Wildman–Crippen MR) is 144 cm³/mol. The molecule has 2 aliphatic rings. The minimum atomic E-state index is -5.10. The quantitative estimate of drug-likeness (QED) is 0.0741. The van der Waals surface area contributed by atoms with Gasteiger partial charge in [-0.1, -0.05) is 0 Å². The fraction of sp³-hybridized carbons (Fsp3) is 0.455. The number of phosphoric acid groups is 1. The van der Waals surface area contributed by atoms with Crippen molar-refractivity contribution in [2.45, 2.75) is 49.1 Å². The molecule has 9 atom stereocenters. The first-order valence-electron chi connectivity index (χ1n) is 12.8.